The van der Waals surface area contributed by atoms with E-state index in [1.54, 1.807) is 18.5 Å². The summed E-state index contributed by atoms with van der Waals surface area (Å²) in [7, 11) is 1.37. The third-order valence-corrected chi connectivity index (χ3v) is 10.5. The van der Waals surface area contributed by atoms with Crippen molar-refractivity contribution < 1.29 is 32.5 Å². The number of hydrogen-bond acceptors (Lipinski definition) is 12. The van der Waals surface area contributed by atoms with Crippen LogP contribution in [0.2, 0.25) is 0 Å². The number of esters is 1. The Morgan fingerprint density at radius 1 is 0.857 bits per heavy atom. The zero-order valence-corrected chi connectivity index (χ0v) is 34.1. The topological polar surface area (TPSA) is 147 Å². The summed E-state index contributed by atoms with van der Waals surface area (Å²) < 4.78 is 51.7. The zero-order valence-electron chi connectivity index (χ0n) is 34.1. The van der Waals surface area contributed by atoms with Gasteiger partial charge in [0, 0.05) is 45.2 Å². The van der Waals surface area contributed by atoms with Crippen molar-refractivity contribution >= 4 is 39.5 Å². The predicted molar refractivity (Wildman–Crippen MR) is 228 cm³/mol. The molecule has 3 aromatic carbocycles. The lowest BCUT2D eigenvalue weighted by atomic mass is 10.1. The first-order valence-corrected chi connectivity index (χ1v) is 20.0. The molecule has 0 amide bonds. The number of methoxy groups -OCH3 is 1. The molecule has 17 heteroatoms. The van der Waals surface area contributed by atoms with Crippen molar-refractivity contribution in [2.45, 2.75) is 38.8 Å². The number of aromatic nitrogens is 6. The molecule has 1 atom stereocenters. The van der Waals surface area contributed by atoms with Crippen LogP contribution in [0.25, 0.3) is 31.9 Å². The molecule has 0 aliphatic carbocycles. The molecule has 6 aromatic rings. The van der Waals surface area contributed by atoms with Crippen molar-refractivity contribution in [3.8, 4) is 11.5 Å². The first-order chi connectivity index (χ1) is 30.8. The monoisotopic (exact) mass is 850 g/mol. The molecule has 3 aliphatic rings. The molecular formula is C46H40F2N10O5. The normalized spacial score (nSPS) is 15.6. The van der Waals surface area contributed by atoms with Gasteiger partial charge in [0.05, 0.1) is 67.4 Å². The molecule has 0 spiro atoms. The fourth-order valence-electron chi connectivity index (χ4n) is 7.09. The molecule has 1 N–H and O–H groups in total. The number of ether oxygens (including phenoxy) is 4. The summed E-state index contributed by atoms with van der Waals surface area (Å²) >= 11 is 0. The highest BCUT2D eigenvalue weighted by molar-refractivity contribution is 5.93. The Bertz CT molecular complexity index is 2810. The van der Waals surface area contributed by atoms with E-state index in [9.17, 15) is 13.6 Å². The second-order valence-corrected chi connectivity index (χ2v) is 14.6. The van der Waals surface area contributed by atoms with E-state index in [1.165, 1.54) is 31.4 Å². The van der Waals surface area contributed by atoms with Crippen LogP contribution in [-0.2, 0) is 35.8 Å². The summed E-state index contributed by atoms with van der Waals surface area (Å²) in [6.07, 6.45) is 8.66. The molecule has 1 fully saturated rings. The summed E-state index contributed by atoms with van der Waals surface area (Å²) in [6, 6.07) is 17.3. The Kier molecular flexibility index (Phi) is 13.1. The minimum absolute atomic E-state index is 0.0000562. The molecule has 0 saturated carbocycles. The summed E-state index contributed by atoms with van der Waals surface area (Å²) in [4.78, 5) is 43.2. The molecular weight excluding hydrogens is 811 g/mol. The molecule has 0 radical (unpaired) electrons. The maximum absolute atomic E-state index is 14.2. The maximum Gasteiger partial charge on any atom is 0.337 e. The van der Waals surface area contributed by atoms with Gasteiger partial charge in [-0.05, 0) is 72.2 Å². The van der Waals surface area contributed by atoms with Crippen LogP contribution in [0.4, 0.5) is 20.2 Å². The molecule has 318 valence electrons. The number of halogens is 2. The first kappa shape index (κ1) is 42.3. The Balaban J connectivity index is 0.000000208. The van der Waals surface area contributed by atoms with Gasteiger partial charge in [0.25, 0.3) is 0 Å². The summed E-state index contributed by atoms with van der Waals surface area (Å²) in [5, 5.41) is 3.21. The molecule has 15 nitrogen and oxygen atoms in total. The quantitative estimate of drug-likeness (QED) is 0.0919. The van der Waals surface area contributed by atoms with Gasteiger partial charge in [-0.2, -0.15) is 0 Å². The standard InChI is InChI=1S/C30H27FN6O4.C16H13FN4O/c1-32-21-4-6-27(23(31)14-21)41-18-28-33-10-7-24(34-28)20-8-11-36(15-20)17-29-35-25-5-3-19(30(38)39-2)13-26(25)37(29)16-22-9-12-40-22;1-18-12-2-3-15(13(17)8-12)22-10-16-20-7-5-14(21-16)11-4-6-19-9-11/h3-8,10,13-14,22H,9,11-12,15-18H2,2H3;2-5,7-8,19H,6,9-10H2/t22-;/m0./s1. The lowest BCUT2D eigenvalue weighted by Gasteiger charge is -2.28. The third-order valence-electron chi connectivity index (χ3n) is 10.5. The highest BCUT2D eigenvalue weighted by Crippen LogP contribution is 2.28. The minimum atomic E-state index is -0.597. The number of nitrogens with zero attached hydrogens (tertiary/aromatic N) is 9. The smallest absolute Gasteiger partial charge is 0.337 e. The average molecular weight is 851 g/mol. The Morgan fingerprint density at radius 2 is 1.51 bits per heavy atom. The number of imidazole rings is 1. The first-order valence-electron chi connectivity index (χ1n) is 20.0. The van der Waals surface area contributed by atoms with E-state index in [1.807, 2.05) is 24.3 Å². The largest absolute Gasteiger partial charge is 0.483 e. The van der Waals surface area contributed by atoms with Crippen LogP contribution < -0.4 is 14.8 Å². The maximum atomic E-state index is 14.2. The van der Waals surface area contributed by atoms with Crippen LogP contribution in [0.5, 0.6) is 11.5 Å². The van der Waals surface area contributed by atoms with Crippen molar-refractivity contribution in [3.05, 3.63) is 160 Å². The van der Waals surface area contributed by atoms with Crippen LogP contribution in [0, 0.1) is 24.8 Å². The zero-order chi connectivity index (χ0) is 43.7. The number of nitrogens with one attached hydrogen (secondary N) is 1. The van der Waals surface area contributed by atoms with Crippen molar-refractivity contribution in [3.63, 3.8) is 0 Å². The van der Waals surface area contributed by atoms with Crippen molar-refractivity contribution in [1.29, 1.82) is 0 Å². The van der Waals surface area contributed by atoms with Gasteiger partial charge < -0.3 is 28.8 Å². The molecule has 0 bridgehead atoms. The Labute approximate surface area is 361 Å². The summed E-state index contributed by atoms with van der Waals surface area (Å²) in [5.41, 5.74) is 6.44. The van der Waals surface area contributed by atoms with Crippen LogP contribution in [0.15, 0.2) is 91.3 Å². The van der Waals surface area contributed by atoms with Crippen LogP contribution in [0.3, 0.4) is 0 Å². The van der Waals surface area contributed by atoms with Gasteiger partial charge >= 0.3 is 5.97 Å². The molecule has 0 unspecified atom stereocenters. The molecule has 3 aromatic heterocycles. The van der Waals surface area contributed by atoms with Gasteiger partial charge in [0.2, 0.25) is 0 Å². The Hall–Kier alpha value is -7.44. The molecule has 6 heterocycles. The van der Waals surface area contributed by atoms with Gasteiger partial charge in [0.1, 0.15) is 19.0 Å². The van der Waals surface area contributed by atoms with Crippen LogP contribution >= 0.6 is 0 Å². The molecule has 3 aliphatic heterocycles. The number of carbonyl (C=O) groups is 1. The van der Waals surface area contributed by atoms with Gasteiger partial charge in [-0.1, -0.05) is 24.3 Å². The van der Waals surface area contributed by atoms with Gasteiger partial charge in [-0.25, -0.2) is 48.2 Å². The SMILES string of the molecule is [C-]#[N+]c1ccc(OCc2nccc(C3=CCN(Cc4nc5ccc(C(=O)OC)cc5n4C[C@@H]4CCO4)C3)n2)c(F)c1.[C-]#[N+]c1ccc(OCc2nccc(C3=CCNC3)n2)c(F)c1. The van der Waals surface area contributed by atoms with Crippen LogP contribution in [-0.4, -0.2) is 86.4 Å². The number of benzene rings is 3. The number of rotatable bonds is 13. The molecule has 9 rings (SSSR count). The summed E-state index contributed by atoms with van der Waals surface area (Å²) in [5.74, 6) is 0.405. The molecule has 1 saturated heterocycles. The van der Waals surface area contributed by atoms with Crippen molar-refractivity contribution in [1.82, 2.24) is 39.7 Å². The second-order valence-electron chi connectivity index (χ2n) is 14.6. The van der Waals surface area contributed by atoms with E-state index in [0.717, 1.165) is 84.2 Å². The highest BCUT2D eigenvalue weighted by Gasteiger charge is 2.25. The van der Waals surface area contributed by atoms with E-state index < -0.39 is 11.6 Å². The second kappa shape index (κ2) is 19.5. The minimum Gasteiger partial charge on any atom is -0.483 e. The van der Waals surface area contributed by atoms with Gasteiger partial charge in [-0.15, -0.1) is 0 Å². The summed E-state index contributed by atoms with van der Waals surface area (Å²) in [6.45, 7) is 18.9. The van der Waals surface area contributed by atoms with E-state index in [4.69, 9.17) is 37.1 Å². The fourth-order valence-corrected chi connectivity index (χ4v) is 7.09. The van der Waals surface area contributed by atoms with E-state index >= 15 is 0 Å². The molecule has 63 heavy (non-hydrogen) atoms. The predicted octanol–water partition coefficient (Wildman–Crippen LogP) is 7.30. The third kappa shape index (κ3) is 10.2. The van der Waals surface area contributed by atoms with Crippen molar-refractivity contribution in [2.24, 2.45) is 0 Å². The van der Waals surface area contributed by atoms with Gasteiger partial charge in [-0.3, -0.25) is 4.90 Å². The lowest BCUT2D eigenvalue weighted by molar-refractivity contribution is -0.0591. The van der Waals surface area contributed by atoms with E-state index in [-0.39, 0.29) is 48.2 Å². The number of fused-ring (bicyclic) bond motifs is 1. The lowest BCUT2D eigenvalue weighted by Crippen LogP contribution is -2.32. The number of carbonyl (C=O) groups excluding carboxylic acids is 1. The van der Waals surface area contributed by atoms with Crippen LogP contribution in [0.1, 0.15) is 45.6 Å². The van der Waals surface area contributed by atoms with E-state index in [0.29, 0.717) is 36.8 Å². The highest BCUT2D eigenvalue weighted by atomic mass is 19.1. The number of hydrogen-bond donors (Lipinski definition) is 1. The van der Waals surface area contributed by atoms with E-state index in [2.05, 4.69) is 56.6 Å². The van der Waals surface area contributed by atoms with Crippen molar-refractivity contribution in [2.75, 3.05) is 39.9 Å². The fraction of sp³-hybridized carbons (Fsp3) is 0.261. The van der Waals surface area contributed by atoms with Gasteiger partial charge in [0.15, 0.2) is 46.2 Å². The average Bonchev–Trinajstić information content (AvgIpc) is 4.08. The Morgan fingerprint density at radius 3 is 2.06 bits per heavy atom.